The molecule has 1 aliphatic carbocycles. The Labute approximate surface area is 115 Å². The first-order chi connectivity index (χ1) is 8.98. The molecule has 1 heterocycles. The van der Waals surface area contributed by atoms with Crippen LogP contribution >= 0.6 is 11.6 Å². The van der Waals surface area contributed by atoms with E-state index in [4.69, 9.17) is 21.8 Å². The highest BCUT2D eigenvalue weighted by Crippen LogP contribution is 2.40. The van der Waals surface area contributed by atoms with Crippen LogP contribution in [0.5, 0.6) is 0 Å². The van der Waals surface area contributed by atoms with Crippen molar-refractivity contribution in [2.24, 2.45) is 0 Å². The van der Waals surface area contributed by atoms with Crippen LogP contribution in [0.1, 0.15) is 12.8 Å². The van der Waals surface area contributed by atoms with Gasteiger partial charge in [-0.15, -0.1) is 0 Å². The van der Waals surface area contributed by atoms with Crippen LogP contribution in [0.3, 0.4) is 0 Å². The summed E-state index contributed by atoms with van der Waals surface area (Å²) < 4.78 is 0. The van der Waals surface area contributed by atoms with Gasteiger partial charge >= 0.3 is 5.97 Å². The number of likely N-dealkylation sites (N-methyl/N-ethyl adjacent to an activating group) is 1. The largest absolute Gasteiger partial charge is 0.480 e. The Kier molecular flexibility index (Phi) is 3.77. The molecule has 1 aromatic heterocycles. The predicted octanol–water partition coefficient (Wildman–Crippen LogP) is 0.588. The van der Waals surface area contributed by atoms with Crippen LogP contribution in [0.15, 0.2) is 6.20 Å². The molecule has 1 fully saturated rings. The Balaban J connectivity index is 2.20. The first kappa shape index (κ1) is 13.8. The molecule has 1 aromatic rings. The maximum Gasteiger partial charge on any atom is 0.329 e. The van der Waals surface area contributed by atoms with Gasteiger partial charge in [0, 0.05) is 13.6 Å². The zero-order valence-electron chi connectivity index (χ0n) is 10.4. The van der Waals surface area contributed by atoms with Crippen LogP contribution in [0.25, 0.3) is 0 Å². The number of aliphatic hydroxyl groups excluding tert-OH is 1. The van der Waals surface area contributed by atoms with Crippen molar-refractivity contribution in [3.05, 3.63) is 11.2 Å². The Morgan fingerprint density at radius 1 is 1.63 bits per heavy atom. The lowest BCUT2D eigenvalue weighted by Gasteiger charge is -2.18. The van der Waals surface area contributed by atoms with Crippen molar-refractivity contribution >= 4 is 29.3 Å². The number of aliphatic hydroxyl groups is 1. The molecule has 0 spiro atoms. The molecule has 0 atom stereocenters. The van der Waals surface area contributed by atoms with Crippen molar-refractivity contribution in [3.8, 4) is 0 Å². The minimum Gasteiger partial charge on any atom is -0.480 e. The van der Waals surface area contributed by atoms with Crippen LogP contribution in [-0.2, 0) is 4.79 Å². The highest BCUT2D eigenvalue weighted by Gasteiger charge is 2.51. The van der Waals surface area contributed by atoms with Gasteiger partial charge in [0.1, 0.15) is 10.6 Å². The number of carbonyl (C=O) groups is 1. The van der Waals surface area contributed by atoms with E-state index >= 15 is 0 Å². The number of anilines is 2. The average molecular weight is 287 g/mol. The molecule has 0 unspecified atom stereocenters. The first-order valence-electron chi connectivity index (χ1n) is 5.84. The summed E-state index contributed by atoms with van der Waals surface area (Å²) in [5, 5.41) is 21.1. The molecule has 104 valence electrons. The second-order valence-electron chi connectivity index (χ2n) is 4.52. The average Bonchev–Trinajstić information content (AvgIpc) is 3.13. The molecule has 2 rings (SSSR count). The molecule has 0 radical (unpaired) electrons. The van der Waals surface area contributed by atoms with Gasteiger partial charge in [0.05, 0.1) is 12.8 Å². The fraction of sp³-hybridized carbons (Fsp3) is 0.545. The Hall–Kier alpha value is -1.60. The van der Waals surface area contributed by atoms with Gasteiger partial charge in [0.25, 0.3) is 0 Å². The van der Waals surface area contributed by atoms with E-state index in [0.717, 1.165) is 0 Å². The van der Waals surface area contributed by atoms with E-state index in [9.17, 15) is 4.79 Å². The van der Waals surface area contributed by atoms with Gasteiger partial charge in [-0.3, -0.25) is 0 Å². The van der Waals surface area contributed by atoms with E-state index in [1.54, 1.807) is 11.9 Å². The predicted molar refractivity (Wildman–Crippen MR) is 70.6 cm³/mol. The van der Waals surface area contributed by atoms with Crippen molar-refractivity contribution < 1.29 is 15.0 Å². The molecule has 0 saturated heterocycles. The van der Waals surface area contributed by atoms with Gasteiger partial charge in [0.15, 0.2) is 5.82 Å². The third kappa shape index (κ3) is 2.87. The zero-order valence-corrected chi connectivity index (χ0v) is 11.2. The molecular weight excluding hydrogens is 272 g/mol. The molecule has 3 N–H and O–H groups in total. The molecule has 0 aliphatic heterocycles. The smallest absolute Gasteiger partial charge is 0.329 e. The van der Waals surface area contributed by atoms with Crippen LogP contribution in [0, 0.1) is 0 Å². The van der Waals surface area contributed by atoms with E-state index in [1.165, 1.54) is 6.20 Å². The van der Waals surface area contributed by atoms with Gasteiger partial charge in [0.2, 0.25) is 5.95 Å². The van der Waals surface area contributed by atoms with Crippen LogP contribution < -0.4 is 10.2 Å². The number of nitrogens with one attached hydrogen (secondary N) is 1. The molecule has 0 amide bonds. The first-order valence-corrected chi connectivity index (χ1v) is 6.22. The number of aromatic nitrogens is 2. The Morgan fingerprint density at radius 3 is 2.84 bits per heavy atom. The van der Waals surface area contributed by atoms with Gasteiger partial charge in [-0.2, -0.15) is 4.98 Å². The number of carboxylic acids is 1. The number of nitrogens with zero attached hydrogens (tertiary/aromatic N) is 3. The Bertz CT molecular complexity index is 493. The quantitative estimate of drug-likeness (QED) is 0.704. The minimum atomic E-state index is -0.954. The number of aliphatic carboxylic acids is 1. The second kappa shape index (κ2) is 5.18. The summed E-state index contributed by atoms with van der Waals surface area (Å²) in [6.45, 7) is 0.357. The van der Waals surface area contributed by atoms with Crippen molar-refractivity contribution in [1.29, 1.82) is 0 Å². The molecule has 0 aromatic carbocycles. The molecule has 0 bridgehead atoms. The van der Waals surface area contributed by atoms with Crippen LogP contribution in [0.2, 0.25) is 5.02 Å². The molecule has 7 nitrogen and oxygen atoms in total. The lowest BCUT2D eigenvalue weighted by Crippen LogP contribution is -2.32. The van der Waals surface area contributed by atoms with Crippen LogP contribution in [-0.4, -0.2) is 51.9 Å². The van der Waals surface area contributed by atoms with Crippen molar-refractivity contribution in [2.45, 2.75) is 18.4 Å². The third-order valence-electron chi connectivity index (χ3n) is 3.03. The number of carboxylic acid groups (broad SMARTS) is 1. The summed E-state index contributed by atoms with van der Waals surface area (Å²) >= 11 is 5.97. The summed E-state index contributed by atoms with van der Waals surface area (Å²) in [6, 6.07) is 0. The maximum absolute atomic E-state index is 11.1. The van der Waals surface area contributed by atoms with E-state index < -0.39 is 11.5 Å². The lowest BCUT2D eigenvalue weighted by atomic mass is 10.3. The van der Waals surface area contributed by atoms with E-state index in [-0.39, 0.29) is 11.6 Å². The summed E-state index contributed by atoms with van der Waals surface area (Å²) in [7, 11) is 1.73. The van der Waals surface area contributed by atoms with Gasteiger partial charge in [-0.05, 0) is 12.8 Å². The second-order valence-corrected chi connectivity index (χ2v) is 4.93. The topological polar surface area (TPSA) is 98.6 Å². The maximum atomic E-state index is 11.1. The standard InChI is InChI=1S/C11H15ClN4O3/c1-16(4-5-17)10-13-6-7(12)8(14-10)15-11(2-3-11)9(18)19/h6,17H,2-5H2,1H3,(H,18,19)(H,13,14,15). The minimum absolute atomic E-state index is 0.0235. The molecule has 8 heteroatoms. The van der Waals surface area contributed by atoms with E-state index in [2.05, 4.69) is 15.3 Å². The highest BCUT2D eigenvalue weighted by atomic mass is 35.5. The summed E-state index contributed by atoms with van der Waals surface area (Å²) in [6.07, 6.45) is 2.51. The van der Waals surface area contributed by atoms with Crippen molar-refractivity contribution in [1.82, 2.24) is 9.97 Å². The number of hydrogen-bond donors (Lipinski definition) is 3. The van der Waals surface area contributed by atoms with Crippen LogP contribution in [0.4, 0.5) is 11.8 Å². The number of halogens is 1. The SMILES string of the molecule is CN(CCO)c1ncc(Cl)c(NC2(C(=O)O)CC2)n1. The van der Waals surface area contributed by atoms with Crippen molar-refractivity contribution in [3.63, 3.8) is 0 Å². The number of hydrogen-bond acceptors (Lipinski definition) is 6. The monoisotopic (exact) mass is 286 g/mol. The fourth-order valence-electron chi connectivity index (χ4n) is 1.62. The summed E-state index contributed by atoms with van der Waals surface area (Å²) in [4.78, 5) is 21.0. The molecule has 19 heavy (non-hydrogen) atoms. The van der Waals surface area contributed by atoms with Gasteiger partial charge in [-0.1, -0.05) is 11.6 Å². The van der Waals surface area contributed by atoms with Gasteiger partial charge in [-0.25, -0.2) is 9.78 Å². The molecule has 1 saturated carbocycles. The zero-order chi connectivity index (χ0) is 14.0. The highest BCUT2D eigenvalue weighted by molar-refractivity contribution is 6.32. The molecule has 1 aliphatic rings. The van der Waals surface area contributed by atoms with E-state index in [0.29, 0.717) is 31.2 Å². The normalized spacial score (nSPS) is 15.9. The van der Waals surface area contributed by atoms with E-state index in [1.807, 2.05) is 0 Å². The summed E-state index contributed by atoms with van der Waals surface area (Å²) in [5.41, 5.74) is -0.954. The van der Waals surface area contributed by atoms with Gasteiger partial charge < -0.3 is 20.4 Å². The van der Waals surface area contributed by atoms with Crippen molar-refractivity contribution in [2.75, 3.05) is 30.4 Å². The number of rotatable bonds is 6. The fourth-order valence-corrected chi connectivity index (χ4v) is 1.76. The lowest BCUT2D eigenvalue weighted by molar-refractivity contribution is -0.138. The third-order valence-corrected chi connectivity index (χ3v) is 3.30. The Morgan fingerprint density at radius 2 is 2.32 bits per heavy atom. The summed E-state index contributed by atoms with van der Waals surface area (Å²) in [5.74, 6) is -0.231. The molecular formula is C11H15ClN4O3.